The van der Waals surface area contributed by atoms with Crippen molar-refractivity contribution in [3.63, 3.8) is 0 Å². The van der Waals surface area contributed by atoms with Crippen LogP contribution in [0.25, 0.3) is 10.6 Å². The van der Waals surface area contributed by atoms with Crippen LogP contribution in [-0.4, -0.2) is 23.7 Å². The normalized spacial score (nSPS) is 10.9. The van der Waals surface area contributed by atoms with Gasteiger partial charge in [-0.2, -0.15) is 5.10 Å². The van der Waals surface area contributed by atoms with Crippen LogP contribution in [-0.2, 0) is 0 Å². The number of unbranched alkanes of at least 4 members (excludes halogenated alkanes) is 1. The Morgan fingerprint density at radius 1 is 1.21 bits per heavy atom. The first-order valence-electron chi connectivity index (χ1n) is 9.26. The summed E-state index contributed by atoms with van der Waals surface area (Å²) in [5.74, 6) is 0.540. The number of carbonyl (C=O) groups is 1. The van der Waals surface area contributed by atoms with Gasteiger partial charge >= 0.3 is 0 Å². The van der Waals surface area contributed by atoms with E-state index in [-0.39, 0.29) is 5.91 Å². The zero-order valence-corrected chi connectivity index (χ0v) is 16.8. The first-order chi connectivity index (χ1) is 13.7. The summed E-state index contributed by atoms with van der Waals surface area (Å²) < 4.78 is 5.69. The first-order valence-corrected chi connectivity index (χ1v) is 10.1. The molecule has 3 rings (SSSR count). The maximum atomic E-state index is 12.5. The van der Waals surface area contributed by atoms with Crippen LogP contribution in [0.3, 0.4) is 0 Å². The number of nitrogens with one attached hydrogen (secondary N) is 1. The lowest BCUT2D eigenvalue weighted by molar-refractivity contribution is 0.0958. The molecule has 1 aromatic heterocycles. The Kier molecular flexibility index (Phi) is 6.92. The number of hydrazone groups is 1. The Bertz CT molecular complexity index is 951. The van der Waals surface area contributed by atoms with Crippen LogP contribution in [0.2, 0.25) is 0 Å². The Morgan fingerprint density at radius 2 is 2.04 bits per heavy atom. The van der Waals surface area contributed by atoms with Crippen LogP contribution >= 0.6 is 11.3 Å². The monoisotopic (exact) mass is 393 g/mol. The SMILES string of the molecule is CCCCOc1cccc(/C=N/NC(=O)c2sc(-c3ccccc3)nc2C)c1. The van der Waals surface area contributed by atoms with E-state index in [9.17, 15) is 4.79 Å². The van der Waals surface area contributed by atoms with Crippen LogP contribution in [0, 0.1) is 6.92 Å². The third-order valence-corrected chi connectivity index (χ3v) is 5.23. The van der Waals surface area contributed by atoms with Crippen molar-refractivity contribution in [2.75, 3.05) is 6.61 Å². The number of hydrogen-bond acceptors (Lipinski definition) is 5. The summed E-state index contributed by atoms with van der Waals surface area (Å²) in [6.45, 7) is 4.66. The summed E-state index contributed by atoms with van der Waals surface area (Å²) >= 11 is 1.36. The molecule has 2 aromatic carbocycles. The molecule has 0 aliphatic carbocycles. The summed E-state index contributed by atoms with van der Waals surface area (Å²) in [7, 11) is 0. The molecular weight excluding hydrogens is 370 g/mol. The molecule has 1 amide bonds. The molecule has 0 bridgehead atoms. The standard InChI is InChI=1S/C22H23N3O2S/c1-3-4-13-27-19-12-8-9-17(14-19)15-23-25-21(26)20-16(2)24-22(28-20)18-10-6-5-7-11-18/h5-12,14-15H,3-4,13H2,1-2H3,(H,25,26)/b23-15+. The van der Waals surface area contributed by atoms with Gasteiger partial charge in [0.15, 0.2) is 0 Å². The molecule has 0 unspecified atom stereocenters. The van der Waals surface area contributed by atoms with Crippen LogP contribution < -0.4 is 10.2 Å². The van der Waals surface area contributed by atoms with Gasteiger partial charge in [-0.15, -0.1) is 11.3 Å². The molecule has 1 heterocycles. The van der Waals surface area contributed by atoms with E-state index in [1.54, 1.807) is 6.21 Å². The van der Waals surface area contributed by atoms with Gasteiger partial charge in [-0.05, 0) is 31.0 Å². The zero-order valence-electron chi connectivity index (χ0n) is 16.0. The van der Waals surface area contributed by atoms with Crippen LogP contribution in [0.1, 0.15) is 40.7 Å². The average molecular weight is 394 g/mol. The molecule has 144 valence electrons. The number of nitrogens with zero attached hydrogens (tertiary/aromatic N) is 2. The van der Waals surface area contributed by atoms with Crippen LogP contribution in [0.4, 0.5) is 0 Å². The van der Waals surface area contributed by atoms with E-state index in [0.29, 0.717) is 17.2 Å². The highest BCUT2D eigenvalue weighted by molar-refractivity contribution is 7.17. The van der Waals surface area contributed by atoms with E-state index in [2.05, 4.69) is 22.4 Å². The number of rotatable bonds is 8. The van der Waals surface area contributed by atoms with Gasteiger partial charge in [0.1, 0.15) is 15.6 Å². The molecule has 5 nitrogen and oxygen atoms in total. The lowest BCUT2D eigenvalue weighted by Gasteiger charge is -2.05. The Balaban J connectivity index is 1.63. The highest BCUT2D eigenvalue weighted by Crippen LogP contribution is 2.27. The van der Waals surface area contributed by atoms with Crippen molar-refractivity contribution < 1.29 is 9.53 Å². The number of amides is 1. The fourth-order valence-electron chi connectivity index (χ4n) is 2.55. The van der Waals surface area contributed by atoms with E-state index in [4.69, 9.17) is 4.74 Å². The van der Waals surface area contributed by atoms with Gasteiger partial charge < -0.3 is 4.74 Å². The summed E-state index contributed by atoms with van der Waals surface area (Å²) in [5.41, 5.74) is 5.14. The van der Waals surface area contributed by atoms with Gasteiger partial charge in [-0.25, -0.2) is 10.4 Å². The quantitative estimate of drug-likeness (QED) is 0.330. The van der Waals surface area contributed by atoms with Crippen molar-refractivity contribution in [2.24, 2.45) is 5.10 Å². The fraction of sp³-hybridized carbons (Fsp3) is 0.227. The number of benzene rings is 2. The lowest BCUT2D eigenvalue weighted by Crippen LogP contribution is -2.17. The van der Waals surface area contributed by atoms with Gasteiger partial charge in [0.2, 0.25) is 0 Å². The van der Waals surface area contributed by atoms with E-state index in [0.717, 1.165) is 34.7 Å². The van der Waals surface area contributed by atoms with Crippen molar-refractivity contribution in [1.82, 2.24) is 10.4 Å². The van der Waals surface area contributed by atoms with E-state index in [1.807, 2.05) is 61.5 Å². The Morgan fingerprint density at radius 3 is 2.82 bits per heavy atom. The number of carbonyl (C=O) groups excluding carboxylic acids is 1. The van der Waals surface area contributed by atoms with E-state index >= 15 is 0 Å². The second kappa shape index (κ2) is 9.80. The Labute approximate surface area is 169 Å². The second-order valence-corrected chi connectivity index (χ2v) is 7.27. The molecule has 0 atom stereocenters. The van der Waals surface area contributed by atoms with Gasteiger partial charge in [0.25, 0.3) is 5.91 Å². The summed E-state index contributed by atoms with van der Waals surface area (Å²) in [4.78, 5) is 17.5. The lowest BCUT2D eigenvalue weighted by atomic mass is 10.2. The number of aromatic nitrogens is 1. The van der Waals surface area contributed by atoms with E-state index < -0.39 is 0 Å². The number of hydrogen-bond donors (Lipinski definition) is 1. The minimum absolute atomic E-state index is 0.260. The van der Waals surface area contributed by atoms with Crippen LogP contribution in [0.5, 0.6) is 5.75 Å². The maximum absolute atomic E-state index is 12.5. The molecular formula is C22H23N3O2S. The van der Waals surface area contributed by atoms with Gasteiger partial charge in [0.05, 0.1) is 18.5 Å². The van der Waals surface area contributed by atoms with Gasteiger partial charge in [-0.3, -0.25) is 4.79 Å². The molecule has 0 saturated carbocycles. The smallest absolute Gasteiger partial charge is 0.283 e. The third-order valence-electron chi connectivity index (χ3n) is 4.03. The van der Waals surface area contributed by atoms with Gasteiger partial charge in [0, 0.05) is 5.56 Å². The predicted octanol–water partition coefficient (Wildman–Crippen LogP) is 5.06. The minimum atomic E-state index is -0.260. The average Bonchev–Trinajstić information content (AvgIpc) is 3.11. The molecule has 6 heteroatoms. The molecule has 0 spiro atoms. The van der Waals surface area contributed by atoms with Crippen molar-refractivity contribution >= 4 is 23.5 Å². The molecule has 1 N–H and O–H groups in total. The van der Waals surface area contributed by atoms with E-state index in [1.165, 1.54) is 11.3 Å². The first kappa shape index (κ1) is 19.8. The molecule has 0 aliphatic rings. The largest absolute Gasteiger partial charge is 0.494 e. The summed E-state index contributed by atoms with van der Waals surface area (Å²) in [6, 6.07) is 17.5. The second-order valence-electron chi connectivity index (χ2n) is 6.27. The summed E-state index contributed by atoms with van der Waals surface area (Å²) in [5, 5.41) is 4.90. The van der Waals surface area contributed by atoms with Crippen molar-refractivity contribution in [3.05, 3.63) is 70.7 Å². The highest BCUT2D eigenvalue weighted by Gasteiger charge is 2.15. The summed E-state index contributed by atoms with van der Waals surface area (Å²) in [6.07, 6.45) is 3.72. The third kappa shape index (κ3) is 5.27. The minimum Gasteiger partial charge on any atom is -0.494 e. The van der Waals surface area contributed by atoms with Crippen molar-refractivity contribution in [2.45, 2.75) is 26.7 Å². The predicted molar refractivity (Wildman–Crippen MR) is 114 cm³/mol. The maximum Gasteiger partial charge on any atom is 0.283 e. The fourth-order valence-corrected chi connectivity index (χ4v) is 3.51. The highest BCUT2D eigenvalue weighted by atomic mass is 32.1. The van der Waals surface area contributed by atoms with Crippen molar-refractivity contribution in [1.29, 1.82) is 0 Å². The number of ether oxygens (including phenoxy) is 1. The number of aryl methyl sites for hydroxylation is 1. The molecule has 0 saturated heterocycles. The topological polar surface area (TPSA) is 63.6 Å². The van der Waals surface area contributed by atoms with Crippen molar-refractivity contribution in [3.8, 4) is 16.3 Å². The molecule has 28 heavy (non-hydrogen) atoms. The molecule has 3 aromatic rings. The molecule has 0 radical (unpaired) electrons. The van der Waals surface area contributed by atoms with Gasteiger partial charge in [-0.1, -0.05) is 55.8 Å². The zero-order chi connectivity index (χ0) is 19.8. The molecule has 0 fully saturated rings. The Hall–Kier alpha value is -2.99. The van der Waals surface area contributed by atoms with Crippen LogP contribution in [0.15, 0.2) is 59.7 Å². The number of thiazole rings is 1. The molecule has 0 aliphatic heterocycles.